The van der Waals surface area contributed by atoms with E-state index >= 15 is 0 Å². The highest BCUT2D eigenvalue weighted by Gasteiger charge is 2.20. The molecule has 7 heteroatoms. The van der Waals surface area contributed by atoms with Crippen LogP contribution in [0.15, 0.2) is 35.4 Å². The molecule has 0 bridgehead atoms. The number of rotatable bonds is 5. The number of benzene rings is 1. The first-order chi connectivity index (χ1) is 9.42. The second-order valence-corrected chi connectivity index (χ2v) is 7.22. The fourth-order valence-electron chi connectivity index (χ4n) is 1.69. The molecule has 0 aliphatic heterocycles. The Morgan fingerprint density at radius 1 is 1.45 bits per heavy atom. The highest BCUT2D eigenvalue weighted by atomic mass is 32.2. The first-order valence-corrected chi connectivity index (χ1v) is 8.48. The van der Waals surface area contributed by atoms with Crippen molar-refractivity contribution in [2.45, 2.75) is 31.2 Å². The standard InChI is InChI=1S/C13H16N2O3S2/c1-3-11-8-14-13(19-11)9(2)15-20(17,18)12-6-4-5-10(16)7-12/h4-9,15-16H,3H2,1-2H3. The van der Waals surface area contributed by atoms with Gasteiger partial charge in [0.05, 0.1) is 10.9 Å². The number of nitrogens with zero attached hydrogens (tertiary/aromatic N) is 1. The van der Waals surface area contributed by atoms with Crippen LogP contribution in [-0.4, -0.2) is 18.5 Å². The Bertz CT molecular complexity index is 695. The van der Waals surface area contributed by atoms with E-state index in [4.69, 9.17) is 0 Å². The fraction of sp³-hybridized carbons (Fsp3) is 0.308. The Morgan fingerprint density at radius 3 is 2.80 bits per heavy atom. The lowest BCUT2D eigenvalue weighted by molar-refractivity contribution is 0.473. The molecule has 1 aromatic heterocycles. The van der Waals surface area contributed by atoms with Gasteiger partial charge in [-0.2, -0.15) is 0 Å². The van der Waals surface area contributed by atoms with Gasteiger partial charge in [-0.1, -0.05) is 13.0 Å². The molecular formula is C13H16N2O3S2. The fourth-order valence-corrected chi connectivity index (χ4v) is 3.87. The maximum Gasteiger partial charge on any atom is 0.241 e. The predicted octanol–water partition coefficient (Wildman–Crippen LogP) is 2.45. The molecule has 1 heterocycles. The van der Waals surface area contributed by atoms with Crippen LogP contribution in [0.25, 0.3) is 0 Å². The van der Waals surface area contributed by atoms with Crippen molar-refractivity contribution >= 4 is 21.4 Å². The molecule has 2 aromatic rings. The van der Waals surface area contributed by atoms with E-state index in [0.29, 0.717) is 0 Å². The highest BCUT2D eigenvalue weighted by Crippen LogP contribution is 2.23. The summed E-state index contributed by atoms with van der Waals surface area (Å²) in [6.07, 6.45) is 2.64. The molecule has 1 unspecified atom stereocenters. The molecule has 0 aliphatic carbocycles. The third kappa shape index (κ3) is 3.36. The lowest BCUT2D eigenvalue weighted by atomic mass is 10.3. The summed E-state index contributed by atoms with van der Waals surface area (Å²) in [6.45, 7) is 3.78. The summed E-state index contributed by atoms with van der Waals surface area (Å²) < 4.78 is 27.0. The summed E-state index contributed by atoms with van der Waals surface area (Å²) in [5, 5.41) is 10.1. The van der Waals surface area contributed by atoms with Crippen molar-refractivity contribution in [3.8, 4) is 5.75 Å². The Hall–Kier alpha value is -1.44. The summed E-state index contributed by atoms with van der Waals surface area (Å²) in [4.78, 5) is 5.38. The van der Waals surface area contributed by atoms with Crippen LogP contribution in [0.3, 0.4) is 0 Å². The molecule has 1 atom stereocenters. The highest BCUT2D eigenvalue weighted by molar-refractivity contribution is 7.89. The zero-order valence-corrected chi connectivity index (χ0v) is 12.8. The number of phenolic OH excluding ortho intramolecular Hbond substituents is 1. The van der Waals surface area contributed by atoms with Crippen LogP contribution in [0.5, 0.6) is 5.75 Å². The minimum atomic E-state index is -3.67. The SMILES string of the molecule is CCc1cnc(C(C)NS(=O)(=O)c2cccc(O)c2)s1. The van der Waals surface area contributed by atoms with Gasteiger partial charge in [-0.3, -0.25) is 0 Å². The molecule has 0 amide bonds. The van der Waals surface area contributed by atoms with Gasteiger partial charge >= 0.3 is 0 Å². The van der Waals surface area contributed by atoms with Gasteiger partial charge in [-0.05, 0) is 31.5 Å². The van der Waals surface area contributed by atoms with Gasteiger partial charge in [0.15, 0.2) is 0 Å². The van der Waals surface area contributed by atoms with Gasteiger partial charge in [-0.15, -0.1) is 11.3 Å². The second-order valence-electron chi connectivity index (χ2n) is 4.36. The van der Waals surface area contributed by atoms with E-state index in [1.54, 1.807) is 13.1 Å². The third-order valence-electron chi connectivity index (χ3n) is 2.75. The van der Waals surface area contributed by atoms with Gasteiger partial charge in [0.25, 0.3) is 0 Å². The van der Waals surface area contributed by atoms with Crippen LogP contribution in [0.4, 0.5) is 0 Å². The van der Waals surface area contributed by atoms with E-state index in [-0.39, 0.29) is 10.6 Å². The van der Waals surface area contributed by atoms with Crippen LogP contribution in [-0.2, 0) is 16.4 Å². The Morgan fingerprint density at radius 2 is 2.20 bits per heavy atom. The molecule has 0 spiro atoms. The maximum absolute atomic E-state index is 12.2. The van der Waals surface area contributed by atoms with Gasteiger partial charge in [0.2, 0.25) is 10.0 Å². The van der Waals surface area contributed by atoms with Crippen LogP contribution in [0.2, 0.25) is 0 Å². The minimum Gasteiger partial charge on any atom is -0.508 e. The zero-order chi connectivity index (χ0) is 14.8. The topological polar surface area (TPSA) is 79.3 Å². The monoisotopic (exact) mass is 312 g/mol. The number of hydrogen-bond acceptors (Lipinski definition) is 5. The van der Waals surface area contributed by atoms with E-state index in [9.17, 15) is 13.5 Å². The van der Waals surface area contributed by atoms with Gasteiger partial charge in [0.1, 0.15) is 10.8 Å². The number of hydrogen-bond donors (Lipinski definition) is 2. The van der Waals surface area contributed by atoms with Crippen molar-refractivity contribution in [2.24, 2.45) is 0 Å². The number of aromatic nitrogens is 1. The van der Waals surface area contributed by atoms with E-state index in [0.717, 1.165) is 16.3 Å². The molecule has 0 saturated heterocycles. The quantitative estimate of drug-likeness (QED) is 0.889. The Kier molecular flexibility index (Phi) is 4.42. The predicted molar refractivity (Wildman–Crippen MR) is 78.3 cm³/mol. The largest absolute Gasteiger partial charge is 0.508 e. The smallest absolute Gasteiger partial charge is 0.241 e. The van der Waals surface area contributed by atoms with Crippen molar-refractivity contribution in [1.82, 2.24) is 9.71 Å². The number of thiazole rings is 1. The molecule has 20 heavy (non-hydrogen) atoms. The Balaban J connectivity index is 2.19. The van der Waals surface area contributed by atoms with E-state index in [1.165, 1.54) is 35.6 Å². The molecule has 0 radical (unpaired) electrons. The minimum absolute atomic E-state index is 0.0385. The lowest BCUT2D eigenvalue weighted by Gasteiger charge is -2.12. The summed E-state index contributed by atoms with van der Waals surface area (Å²) in [6, 6.07) is 5.17. The van der Waals surface area contributed by atoms with E-state index < -0.39 is 16.1 Å². The first kappa shape index (κ1) is 15.0. The van der Waals surface area contributed by atoms with Crippen molar-refractivity contribution in [1.29, 1.82) is 0 Å². The first-order valence-electron chi connectivity index (χ1n) is 6.18. The van der Waals surface area contributed by atoms with Gasteiger partial charge in [-0.25, -0.2) is 18.1 Å². The van der Waals surface area contributed by atoms with Gasteiger partial charge < -0.3 is 5.11 Å². The summed E-state index contributed by atoms with van der Waals surface area (Å²) in [5.74, 6) is -0.0805. The normalized spacial score (nSPS) is 13.3. The van der Waals surface area contributed by atoms with Crippen molar-refractivity contribution in [3.63, 3.8) is 0 Å². The van der Waals surface area contributed by atoms with Crippen LogP contribution in [0, 0.1) is 0 Å². The van der Waals surface area contributed by atoms with E-state index in [2.05, 4.69) is 9.71 Å². The molecule has 108 valence electrons. The molecule has 1 aromatic carbocycles. The number of aromatic hydroxyl groups is 1. The van der Waals surface area contributed by atoms with Crippen molar-refractivity contribution in [3.05, 3.63) is 40.3 Å². The van der Waals surface area contributed by atoms with Crippen LogP contribution >= 0.6 is 11.3 Å². The summed E-state index contributed by atoms with van der Waals surface area (Å²) in [5.41, 5.74) is 0. The molecule has 2 rings (SSSR count). The molecular weight excluding hydrogens is 296 g/mol. The molecule has 2 N–H and O–H groups in total. The summed E-state index contributed by atoms with van der Waals surface area (Å²) >= 11 is 1.49. The zero-order valence-electron chi connectivity index (χ0n) is 11.2. The maximum atomic E-state index is 12.2. The Labute approximate surface area is 122 Å². The van der Waals surface area contributed by atoms with Crippen LogP contribution < -0.4 is 4.72 Å². The van der Waals surface area contributed by atoms with Crippen molar-refractivity contribution in [2.75, 3.05) is 0 Å². The second kappa shape index (κ2) is 5.90. The average molecular weight is 312 g/mol. The molecule has 0 aliphatic rings. The number of nitrogens with one attached hydrogen (secondary N) is 1. The summed E-state index contributed by atoms with van der Waals surface area (Å²) in [7, 11) is -3.67. The molecule has 0 fully saturated rings. The van der Waals surface area contributed by atoms with Crippen molar-refractivity contribution < 1.29 is 13.5 Å². The molecule has 5 nitrogen and oxygen atoms in total. The lowest BCUT2D eigenvalue weighted by Crippen LogP contribution is -2.26. The number of phenols is 1. The van der Waals surface area contributed by atoms with Crippen LogP contribution in [0.1, 0.15) is 29.8 Å². The average Bonchev–Trinajstić information content (AvgIpc) is 2.87. The third-order valence-corrected chi connectivity index (χ3v) is 5.61. The number of sulfonamides is 1. The van der Waals surface area contributed by atoms with E-state index in [1.807, 2.05) is 6.92 Å². The molecule has 0 saturated carbocycles. The van der Waals surface area contributed by atoms with Gasteiger partial charge in [0, 0.05) is 11.1 Å². The number of aryl methyl sites for hydroxylation is 1.